The average molecular weight is 320 g/mol. The van der Waals surface area contributed by atoms with E-state index >= 15 is 0 Å². The normalized spacial score (nSPS) is 11.7. The topological polar surface area (TPSA) is 58.6 Å². The first-order valence-corrected chi connectivity index (χ1v) is 7.40. The third-order valence-electron chi connectivity index (χ3n) is 3.11. The van der Waals surface area contributed by atoms with Crippen LogP contribution in [-0.2, 0) is 4.79 Å². The highest BCUT2D eigenvalue weighted by Crippen LogP contribution is 2.17. The van der Waals surface area contributed by atoms with E-state index in [1.54, 1.807) is 24.3 Å². The van der Waals surface area contributed by atoms with Crippen molar-refractivity contribution in [2.24, 2.45) is 0 Å². The second-order valence-corrected chi connectivity index (χ2v) is 5.21. The zero-order valence-corrected chi connectivity index (χ0v) is 12.8. The smallest absolute Gasteiger partial charge is 0.223 e. The maximum absolute atomic E-state index is 11.9. The van der Waals surface area contributed by atoms with Crippen molar-refractivity contribution in [3.8, 4) is 5.75 Å². The molecular weight excluding hydrogens is 302 g/mol. The molecular formula is C17H18ClNO3. The van der Waals surface area contributed by atoms with Gasteiger partial charge in [0, 0.05) is 5.02 Å². The number of amides is 1. The molecule has 0 aliphatic carbocycles. The Bertz CT molecular complexity index is 604. The number of halogens is 1. The first kappa shape index (κ1) is 16.3. The average Bonchev–Trinajstić information content (AvgIpc) is 2.53. The molecule has 0 bridgehead atoms. The van der Waals surface area contributed by atoms with Gasteiger partial charge in [-0.15, -0.1) is 0 Å². The summed E-state index contributed by atoms with van der Waals surface area (Å²) in [6.45, 7) is 0.101. The molecule has 0 saturated carbocycles. The molecule has 2 N–H and O–H groups in total. The molecule has 1 unspecified atom stereocenters. The summed E-state index contributed by atoms with van der Waals surface area (Å²) in [4.78, 5) is 11.9. The minimum atomic E-state index is -0.403. The summed E-state index contributed by atoms with van der Waals surface area (Å²) in [5.74, 6) is 0.451. The number of hydrogen-bond acceptors (Lipinski definition) is 3. The first-order chi connectivity index (χ1) is 10.7. The van der Waals surface area contributed by atoms with Gasteiger partial charge in [0.15, 0.2) is 0 Å². The van der Waals surface area contributed by atoms with Crippen LogP contribution in [0.4, 0.5) is 0 Å². The highest BCUT2D eigenvalue weighted by Gasteiger charge is 2.13. The summed E-state index contributed by atoms with van der Waals surface area (Å²) < 4.78 is 5.47. The third-order valence-corrected chi connectivity index (χ3v) is 3.35. The minimum absolute atomic E-state index is 0.148. The van der Waals surface area contributed by atoms with Crippen molar-refractivity contribution < 1.29 is 14.6 Å². The molecule has 0 saturated heterocycles. The van der Waals surface area contributed by atoms with Gasteiger partial charge >= 0.3 is 0 Å². The molecule has 0 aromatic heterocycles. The maximum atomic E-state index is 11.9. The van der Waals surface area contributed by atoms with Crippen LogP contribution < -0.4 is 10.1 Å². The van der Waals surface area contributed by atoms with Gasteiger partial charge in [0.2, 0.25) is 5.91 Å². The lowest BCUT2D eigenvalue weighted by Crippen LogP contribution is -2.31. The SMILES string of the molecule is O=C(CCOc1cccc(Cl)c1)NC(CO)c1ccccc1. The summed E-state index contributed by atoms with van der Waals surface area (Å²) in [5.41, 5.74) is 0.870. The molecule has 0 aliphatic heterocycles. The number of nitrogens with one attached hydrogen (secondary N) is 1. The van der Waals surface area contributed by atoms with Gasteiger partial charge in [-0.2, -0.15) is 0 Å². The summed E-state index contributed by atoms with van der Waals surface area (Å²) in [7, 11) is 0. The first-order valence-electron chi connectivity index (χ1n) is 7.02. The van der Waals surface area contributed by atoms with E-state index in [0.29, 0.717) is 10.8 Å². The summed E-state index contributed by atoms with van der Waals surface area (Å²) >= 11 is 5.85. The number of ether oxygens (including phenoxy) is 1. The molecule has 0 radical (unpaired) electrons. The molecule has 2 aromatic carbocycles. The van der Waals surface area contributed by atoms with Crippen molar-refractivity contribution in [1.29, 1.82) is 0 Å². The Hall–Kier alpha value is -2.04. The van der Waals surface area contributed by atoms with Gasteiger partial charge in [-0.1, -0.05) is 48.0 Å². The molecule has 4 nitrogen and oxygen atoms in total. The molecule has 0 fully saturated rings. The standard InChI is InChI=1S/C17H18ClNO3/c18-14-7-4-8-15(11-14)22-10-9-17(21)19-16(12-20)13-5-2-1-3-6-13/h1-8,11,16,20H,9-10,12H2,(H,19,21). The van der Waals surface area contributed by atoms with E-state index in [9.17, 15) is 9.90 Å². The lowest BCUT2D eigenvalue weighted by molar-refractivity contribution is -0.122. The van der Waals surface area contributed by atoms with Crippen molar-refractivity contribution in [1.82, 2.24) is 5.32 Å². The van der Waals surface area contributed by atoms with Crippen molar-refractivity contribution in [2.75, 3.05) is 13.2 Å². The van der Waals surface area contributed by atoms with Gasteiger partial charge in [-0.25, -0.2) is 0 Å². The molecule has 0 spiro atoms. The Morgan fingerprint density at radius 2 is 1.95 bits per heavy atom. The molecule has 0 aliphatic rings. The fraction of sp³-hybridized carbons (Fsp3) is 0.235. The van der Waals surface area contributed by atoms with E-state index < -0.39 is 6.04 Å². The van der Waals surface area contributed by atoms with Crippen LogP contribution in [0.25, 0.3) is 0 Å². The van der Waals surface area contributed by atoms with E-state index in [2.05, 4.69) is 5.32 Å². The summed E-state index contributed by atoms with van der Waals surface area (Å²) in [6, 6.07) is 16.0. The van der Waals surface area contributed by atoms with Gasteiger partial charge < -0.3 is 15.2 Å². The quantitative estimate of drug-likeness (QED) is 0.825. The number of benzene rings is 2. The van der Waals surface area contributed by atoms with Crippen molar-refractivity contribution in [3.63, 3.8) is 0 Å². The van der Waals surface area contributed by atoms with E-state index in [4.69, 9.17) is 16.3 Å². The fourth-order valence-electron chi connectivity index (χ4n) is 2.00. The highest BCUT2D eigenvalue weighted by atomic mass is 35.5. The van der Waals surface area contributed by atoms with E-state index in [0.717, 1.165) is 5.56 Å². The van der Waals surface area contributed by atoms with Crippen LogP contribution in [-0.4, -0.2) is 24.2 Å². The van der Waals surface area contributed by atoms with E-state index in [1.807, 2.05) is 30.3 Å². The molecule has 2 aromatic rings. The number of carbonyl (C=O) groups excluding carboxylic acids is 1. The Kier molecular flexibility index (Phi) is 6.25. The van der Waals surface area contributed by atoms with Gasteiger partial charge in [-0.3, -0.25) is 4.79 Å². The Morgan fingerprint density at radius 3 is 2.64 bits per heavy atom. The number of aliphatic hydroxyl groups is 1. The molecule has 2 rings (SSSR count). The van der Waals surface area contributed by atoms with Crippen LogP contribution in [0.1, 0.15) is 18.0 Å². The highest BCUT2D eigenvalue weighted by molar-refractivity contribution is 6.30. The van der Waals surface area contributed by atoms with Gasteiger partial charge in [0.25, 0.3) is 0 Å². The predicted octanol–water partition coefficient (Wildman–Crippen LogP) is 2.96. The summed E-state index contributed by atoms with van der Waals surface area (Å²) in [5, 5.41) is 12.8. The second-order valence-electron chi connectivity index (χ2n) is 4.77. The Morgan fingerprint density at radius 1 is 1.18 bits per heavy atom. The third kappa shape index (κ3) is 5.06. The molecule has 0 heterocycles. The van der Waals surface area contributed by atoms with Crippen LogP contribution in [0.3, 0.4) is 0 Å². The van der Waals surface area contributed by atoms with Crippen molar-refractivity contribution in [2.45, 2.75) is 12.5 Å². The van der Waals surface area contributed by atoms with Crippen molar-refractivity contribution >= 4 is 17.5 Å². The largest absolute Gasteiger partial charge is 0.493 e. The fourth-order valence-corrected chi connectivity index (χ4v) is 2.18. The Labute approximate surface area is 134 Å². The van der Waals surface area contributed by atoms with E-state index in [-0.39, 0.29) is 25.5 Å². The zero-order valence-electron chi connectivity index (χ0n) is 12.0. The van der Waals surface area contributed by atoms with Crippen molar-refractivity contribution in [3.05, 3.63) is 65.2 Å². The molecule has 1 atom stereocenters. The maximum Gasteiger partial charge on any atom is 0.223 e. The number of carbonyl (C=O) groups is 1. The molecule has 116 valence electrons. The van der Waals surface area contributed by atoms with Gasteiger partial charge in [0.05, 0.1) is 25.7 Å². The van der Waals surface area contributed by atoms with Gasteiger partial charge in [0.1, 0.15) is 5.75 Å². The van der Waals surface area contributed by atoms with Crippen LogP contribution in [0.5, 0.6) is 5.75 Å². The monoisotopic (exact) mass is 319 g/mol. The molecule has 1 amide bonds. The zero-order chi connectivity index (χ0) is 15.8. The van der Waals surface area contributed by atoms with Crippen LogP contribution in [0.15, 0.2) is 54.6 Å². The summed E-state index contributed by atoms with van der Waals surface area (Å²) in [6.07, 6.45) is 0.204. The molecule has 22 heavy (non-hydrogen) atoms. The second kappa shape index (κ2) is 8.41. The van der Waals surface area contributed by atoms with Gasteiger partial charge in [-0.05, 0) is 23.8 Å². The van der Waals surface area contributed by atoms with E-state index in [1.165, 1.54) is 0 Å². The van der Waals surface area contributed by atoms with Crippen LogP contribution >= 0.6 is 11.6 Å². The molecule has 5 heteroatoms. The predicted molar refractivity (Wildman–Crippen MR) is 86.0 cm³/mol. The number of hydrogen-bond donors (Lipinski definition) is 2. The minimum Gasteiger partial charge on any atom is -0.493 e. The number of aliphatic hydroxyl groups excluding tert-OH is 1. The van der Waals surface area contributed by atoms with Crippen LogP contribution in [0, 0.1) is 0 Å². The van der Waals surface area contributed by atoms with Crippen LogP contribution in [0.2, 0.25) is 5.02 Å². The number of rotatable bonds is 7. The Balaban J connectivity index is 1.80. The lowest BCUT2D eigenvalue weighted by atomic mass is 10.1. The lowest BCUT2D eigenvalue weighted by Gasteiger charge is -2.16.